The molecule has 0 aliphatic heterocycles. The summed E-state index contributed by atoms with van der Waals surface area (Å²) in [5.41, 5.74) is 0. The van der Waals surface area contributed by atoms with Crippen LogP contribution in [0.2, 0.25) is 0 Å². The Bertz CT molecular complexity index is 167. The molecule has 2 heteroatoms. The van der Waals surface area contributed by atoms with Crippen molar-refractivity contribution in [2.45, 2.75) is 70.5 Å². The molecule has 16 heavy (non-hydrogen) atoms. The third kappa shape index (κ3) is 3.74. The molecule has 0 radical (unpaired) electrons. The Balaban J connectivity index is 1.60. The Morgan fingerprint density at radius 2 is 1.56 bits per heavy atom. The predicted octanol–water partition coefficient (Wildman–Crippen LogP) is 3.13. The van der Waals surface area contributed by atoms with Gasteiger partial charge in [0, 0.05) is 6.61 Å². The van der Waals surface area contributed by atoms with E-state index in [4.69, 9.17) is 4.74 Å². The molecular weight excluding hydrogens is 200 g/mol. The number of hydrogen-bond acceptors (Lipinski definition) is 2. The Kier molecular flexibility index (Phi) is 4.66. The van der Waals surface area contributed by atoms with Gasteiger partial charge in [0.15, 0.2) is 0 Å². The number of aliphatic hydroxyl groups excluding tert-OH is 1. The molecule has 2 nitrogen and oxygen atoms in total. The topological polar surface area (TPSA) is 29.5 Å². The van der Waals surface area contributed by atoms with E-state index < -0.39 is 0 Å². The van der Waals surface area contributed by atoms with Crippen LogP contribution < -0.4 is 0 Å². The summed E-state index contributed by atoms with van der Waals surface area (Å²) < 4.78 is 6.02. The van der Waals surface area contributed by atoms with Gasteiger partial charge >= 0.3 is 0 Å². The van der Waals surface area contributed by atoms with E-state index in [9.17, 15) is 5.11 Å². The largest absolute Gasteiger partial charge is 0.393 e. The predicted molar refractivity (Wildman–Crippen MR) is 65.3 cm³/mol. The van der Waals surface area contributed by atoms with Crippen LogP contribution in [0.3, 0.4) is 0 Å². The van der Waals surface area contributed by atoms with Crippen molar-refractivity contribution in [3.63, 3.8) is 0 Å². The van der Waals surface area contributed by atoms with E-state index in [1.165, 1.54) is 25.7 Å². The molecule has 1 N–H and O–H groups in total. The summed E-state index contributed by atoms with van der Waals surface area (Å²) in [6, 6.07) is 0. The highest BCUT2D eigenvalue weighted by molar-refractivity contribution is 4.74. The summed E-state index contributed by atoms with van der Waals surface area (Å²) in [6.07, 6.45) is 9.98. The lowest BCUT2D eigenvalue weighted by atomic mass is 9.87. The van der Waals surface area contributed by atoms with Crippen LogP contribution in [-0.4, -0.2) is 23.9 Å². The molecule has 2 fully saturated rings. The van der Waals surface area contributed by atoms with Gasteiger partial charge in [0.1, 0.15) is 0 Å². The fraction of sp³-hybridized carbons (Fsp3) is 1.00. The van der Waals surface area contributed by atoms with Crippen LogP contribution in [0.15, 0.2) is 0 Å². The van der Waals surface area contributed by atoms with Crippen LogP contribution in [0.4, 0.5) is 0 Å². The standard InChI is InChI=1S/C14H26O2/c1-11-2-8-14(9-3-11)16-10-12-4-6-13(15)7-5-12/h11-15H,2-10H2,1H3. The molecule has 0 spiro atoms. The van der Waals surface area contributed by atoms with Gasteiger partial charge in [-0.05, 0) is 63.2 Å². The molecular formula is C14H26O2. The summed E-state index contributed by atoms with van der Waals surface area (Å²) in [4.78, 5) is 0. The van der Waals surface area contributed by atoms with Crippen molar-refractivity contribution in [3.8, 4) is 0 Å². The highest BCUT2D eigenvalue weighted by Crippen LogP contribution is 2.28. The van der Waals surface area contributed by atoms with Crippen LogP contribution in [0, 0.1) is 11.8 Å². The van der Waals surface area contributed by atoms with Crippen molar-refractivity contribution in [1.29, 1.82) is 0 Å². The Morgan fingerprint density at radius 1 is 0.938 bits per heavy atom. The number of hydrogen-bond donors (Lipinski definition) is 1. The molecule has 0 saturated heterocycles. The van der Waals surface area contributed by atoms with Crippen LogP contribution >= 0.6 is 0 Å². The van der Waals surface area contributed by atoms with Crippen molar-refractivity contribution < 1.29 is 9.84 Å². The highest BCUT2D eigenvalue weighted by Gasteiger charge is 2.23. The highest BCUT2D eigenvalue weighted by atomic mass is 16.5. The summed E-state index contributed by atoms with van der Waals surface area (Å²) in [7, 11) is 0. The van der Waals surface area contributed by atoms with Crippen LogP contribution in [0.1, 0.15) is 58.3 Å². The zero-order valence-corrected chi connectivity index (χ0v) is 10.5. The monoisotopic (exact) mass is 226 g/mol. The van der Waals surface area contributed by atoms with E-state index in [1.807, 2.05) is 0 Å². The maximum Gasteiger partial charge on any atom is 0.0575 e. The van der Waals surface area contributed by atoms with E-state index in [1.54, 1.807) is 0 Å². The Hall–Kier alpha value is -0.0800. The van der Waals surface area contributed by atoms with Gasteiger partial charge in [-0.15, -0.1) is 0 Å². The second-order valence-corrected chi connectivity index (χ2v) is 5.89. The first-order valence-corrected chi connectivity index (χ1v) is 7.03. The lowest BCUT2D eigenvalue weighted by Gasteiger charge is -2.30. The minimum Gasteiger partial charge on any atom is -0.393 e. The average Bonchev–Trinajstić information content (AvgIpc) is 2.30. The molecule has 2 rings (SSSR count). The normalized spacial score (nSPS) is 40.9. The molecule has 0 bridgehead atoms. The fourth-order valence-corrected chi connectivity index (χ4v) is 2.98. The SMILES string of the molecule is CC1CCC(OCC2CCC(O)CC2)CC1. The van der Waals surface area contributed by atoms with Gasteiger partial charge in [-0.3, -0.25) is 0 Å². The molecule has 0 atom stereocenters. The van der Waals surface area contributed by atoms with Gasteiger partial charge < -0.3 is 9.84 Å². The van der Waals surface area contributed by atoms with Gasteiger partial charge in [-0.1, -0.05) is 6.92 Å². The van der Waals surface area contributed by atoms with E-state index in [2.05, 4.69) is 6.92 Å². The molecule has 0 heterocycles. The summed E-state index contributed by atoms with van der Waals surface area (Å²) >= 11 is 0. The first-order chi connectivity index (χ1) is 7.74. The minimum atomic E-state index is -0.0354. The zero-order valence-electron chi connectivity index (χ0n) is 10.5. The van der Waals surface area contributed by atoms with E-state index >= 15 is 0 Å². The zero-order chi connectivity index (χ0) is 11.4. The van der Waals surface area contributed by atoms with Crippen molar-refractivity contribution in [2.75, 3.05) is 6.61 Å². The van der Waals surface area contributed by atoms with Crippen molar-refractivity contribution in [3.05, 3.63) is 0 Å². The van der Waals surface area contributed by atoms with Crippen molar-refractivity contribution in [2.24, 2.45) is 11.8 Å². The molecule has 0 aromatic carbocycles. The molecule has 2 aliphatic rings. The van der Waals surface area contributed by atoms with Gasteiger partial charge in [-0.25, -0.2) is 0 Å². The number of rotatable bonds is 3. The van der Waals surface area contributed by atoms with E-state index in [0.29, 0.717) is 12.0 Å². The van der Waals surface area contributed by atoms with Gasteiger partial charge in [0.2, 0.25) is 0 Å². The average molecular weight is 226 g/mol. The third-order valence-corrected chi connectivity index (χ3v) is 4.35. The lowest BCUT2D eigenvalue weighted by molar-refractivity contribution is -0.0142. The number of aliphatic hydroxyl groups is 1. The lowest BCUT2D eigenvalue weighted by Crippen LogP contribution is -2.26. The minimum absolute atomic E-state index is 0.0354. The van der Waals surface area contributed by atoms with E-state index in [0.717, 1.165) is 38.2 Å². The molecule has 0 unspecified atom stereocenters. The van der Waals surface area contributed by atoms with Gasteiger partial charge in [0.05, 0.1) is 12.2 Å². The first-order valence-electron chi connectivity index (χ1n) is 7.03. The summed E-state index contributed by atoms with van der Waals surface area (Å²) in [6.45, 7) is 3.28. The quantitative estimate of drug-likeness (QED) is 0.801. The van der Waals surface area contributed by atoms with Gasteiger partial charge in [0.25, 0.3) is 0 Å². The van der Waals surface area contributed by atoms with Gasteiger partial charge in [-0.2, -0.15) is 0 Å². The molecule has 0 aromatic rings. The molecule has 0 amide bonds. The first kappa shape index (κ1) is 12.4. The molecule has 2 saturated carbocycles. The van der Waals surface area contributed by atoms with Crippen LogP contribution in [-0.2, 0) is 4.74 Å². The second-order valence-electron chi connectivity index (χ2n) is 5.89. The maximum atomic E-state index is 9.43. The van der Waals surface area contributed by atoms with Crippen LogP contribution in [0.25, 0.3) is 0 Å². The van der Waals surface area contributed by atoms with Crippen molar-refractivity contribution >= 4 is 0 Å². The molecule has 2 aliphatic carbocycles. The summed E-state index contributed by atoms with van der Waals surface area (Å²) in [5.74, 6) is 1.62. The third-order valence-electron chi connectivity index (χ3n) is 4.35. The fourth-order valence-electron chi connectivity index (χ4n) is 2.98. The van der Waals surface area contributed by atoms with E-state index in [-0.39, 0.29) is 6.10 Å². The van der Waals surface area contributed by atoms with Crippen molar-refractivity contribution in [1.82, 2.24) is 0 Å². The maximum absolute atomic E-state index is 9.43. The summed E-state index contributed by atoms with van der Waals surface area (Å²) in [5, 5.41) is 9.43. The Morgan fingerprint density at radius 3 is 2.19 bits per heavy atom. The smallest absolute Gasteiger partial charge is 0.0575 e. The second kappa shape index (κ2) is 6.02. The molecule has 94 valence electrons. The number of ether oxygens (including phenoxy) is 1. The molecule has 0 aromatic heterocycles. The van der Waals surface area contributed by atoms with Crippen LogP contribution in [0.5, 0.6) is 0 Å². The Labute approximate surface area is 99.4 Å².